The number of hydrogen-bond acceptors (Lipinski definition) is 2. The van der Waals surface area contributed by atoms with Gasteiger partial charge in [0, 0.05) is 5.69 Å². The molecule has 0 aliphatic carbocycles. The van der Waals surface area contributed by atoms with Gasteiger partial charge in [-0.25, -0.2) is 0 Å². The summed E-state index contributed by atoms with van der Waals surface area (Å²) in [6, 6.07) is 5.46. The van der Waals surface area contributed by atoms with E-state index in [1.165, 1.54) is 6.92 Å². The summed E-state index contributed by atoms with van der Waals surface area (Å²) in [5.74, 6) is -0.439. The SMILES string of the molecule is Cc1cccc(NC(=O)Cn2nc(C(F)(F)F)c(Br)c2C)c1C. The fraction of sp³-hybridized carbons (Fsp3) is 0.333. The fourth-order valence-electron chi connectivity index (χ4n) is 2.07. The second-order valence-corrected chi connectivity index (χ2v) is 5.99. The van der Waals surface area contributed by atoms with Gasteiger partial charge in [-0.15, -0.1) is 0 Å². The van der Waals surface area contributed by atoms with E-state index in [0.717, 1.165) is 15.8 Å². The Balaban J connectivity index is 2.20. The number of nitrogens with zero attached hydrogens (tertiary/aromatic N) is 2. The molecule has 1 N–H and O–H groups in total. The number of hydrogen-bond donors (Lipinski definition) is 1. The topological polar surface area (TPSA) is 46.9 Å². The van der Waals surface area contributed by atoms with Crippen LogP contribution < -0.4 is 5.32 Å². The van der Waals surface area contributed by atoms with Crippen molar-refractivity contribution in [3.63, 3.8) is 0 Å². The molecule has 0 fully saturated rings. The summed E-state index contributed by atoms with van der Waals surface area (Å²) < 4.78 is 39.3. The van der Waals surface area contributed by atoms with Crippen molar-refractivity contribution >= 4 is 27.5 Å². The van der Waals surface area contributed by atoms with Crippen molar-refractivity contribution in [2.24, 2.45) is 0 Å². The minimum absolute atomic E-state index is 0.149. The van der Waals surface area contributed by atoms with Crippen LogP contribution in [0.2, 0.25) is 0 Å². The van der Waals surface area contributed by atoms with Crippen LogP contribution in [0.5, 0.6) is 0 Å². The average molecular weight is 390 g/mol. The molecule has 0 saturated heterocycles. The number of nitrogens with one attached hydrogen (secondary N) is 1. The quantitative estimate of drug-likeness (QED) is 0.853. The minimum atomic E-state index is -4.57. The van der Waals surface area contributed by atoms with Crippen LogP contribution >= 0.6 is 15.9 Å². The summed E-state index contributed by atoms with van der Waals surface area (Å²) in [5.41, 5.74) is 1.77. The molecule has 0 spiro atoms. The molecule has 1 heterocycles. The van der Waals surface area contributed by atoms with Gasteiger partial charge in [-0.05, 0) is 53.9 Å². The zero-order chi connectivity index (χ0) is 17.4. The Kier molecular flexibility index (Phi) is 4.84. The lowest BCUT2D eigenvalue weighted by Gasteiger charge is -2.11. The molecule has 0 aliphatic heterocycles. The van der Waals surface area contributed by atoms with Crippen LogP contribution in [0, 0.1) is 20.8 Å². The first-order valence-electron chi connectivity index (χ1n) is 6.77. The highest BCUT2D eigenvalue weighted by Crippen LogP contribution is 2.35. The van der Waals surface area contributed by atoms with E-state index in [1.807, 2.05) is 19.9 Å². The summed E-state index contributed by atoms with van der Waals surface area (Å²) in [6.45, 7) is 4.95. The van der Waals surface area contributed by atoms with E-state index in [-0.39, 0.29) is 16.7 Å². The number of halogens is 4. The van der Waals surface area contributed by atoms with Gasteiger partial charge in [0.2, 0.25) is 5.91 Å². The maximum absolute atomic E-state index is 12.8. The lowest BCUT2D eigenvalue weighted by molar-refractivity contribution is -0.142. The molecule has 1 aromatic heterocycles. The zero-order valence-electron chi connectivity index (χ0n) is 12.8. The molecular weight excluding hydrogens is 375 g/mol. The van der Waals surface area contributed by atoms with Gasteiger partial charge in [-0.2, -0.15) is 18.3 Å². The van der Waals surface area contributed by atoms with Crippen LogP contribution in [0.3, 0.4) is 0 Å². The monoisotopic (exact) mass is 389 g/mol. The van der Waals surface area contributed by atoms with E-state index in [9.17, 15) is 18.0 Å². The highest BCUT2D eigenvalue weighted by Gasteiger charge is 2.38. The van der Waals surface area contributed by atoms with Gasteiger partial charge < -0.3 is 5.32 Å². The summed E-state index contributed by atoms with van der Waals surface area (Å²) in [4.78, 5) is 12.1. The van der Waals surface area contributed by atoms with Crippen LogP contribution in [-0.2, 0) is 17.5 Å². The third-order valence-corrected chi connectivity index (χ3v) is 4.52. The number of aromatic nitrogens is 2. The third kappa shape index (κ3) is 3.74. The molecule has 0 saturated carbocycles. The Hall–Kier alpha value is -1.83. The lowest BCUT2D eigenvalue weighted by Crippen LogP contribution is -2.21. The molecule has 1 amide bonds. The Bertz CT molecular complexity index is 753. The Morgan fingerprint density at radius 2 is 1.96 bits per heavy atom. The molecule has 0 bridgehead atoms. The number of rotatable bonds is 3. The fourth-order valence-corrected chi connectivity index (χ4v) is 2.58. The van der Waals surface area contributed by atoms with E-state index < -0.39 is 17.8 Å². The van der Waals surface area contributed by atoms with E-state index in [2.05, 4.69) is 26.3 Å². The second kappa shape index (κ2) is 6.35. The Morgan fingerprint density at radius 1 is 1.30 bits per heavy atom. The predicted octanol–water partition coefficient (Wildman–Crippen LogP) is 4.23. The van der Waals surface area contributed by atoms with Crippen molar-refractivity contribution in [3.8, 4) is 0 Å². The van der Waals surface area contributed by atoms with Crippen molar-refractivity contribution in [2.45, 2.75) is 33.5 Å². The molecular formula is C15H15BrF3N3O. The number of aryl methyl sites for hydroxylation is 1. The maximum atomic E-state index is 12.8. The van der Waals surface area contributed by atoms with Crippen LogP contribution in [0.1, 0.15) is 22.5 Å². The summed E-state index contributed by atoms with van der Waals surface area (Å²) in [5, 5.41) is 6.18. The van der Waals surface area contributed by atoms with Crippen molar-refractivity contribution in [1.82, 2.24) is 9.78 Å². The van der Waals surface area contributed by atoms with Gasteiger partial charge in [0.25, 0.3) is 0 Å². The molecule has 1 aromatic carbocycles. The first-order chi connectivity index (χ1) is 10.6. The highest BCUT2D eigenvalue weighted by molar-refractivity contribution is 9.10. The number of benzene rings is 1. The molecule has 4 nitrogen and oxygen atoms in total. The Morgan fingerprint density at radius 3 is 2.52 bits per heavy atom. The van der Waals surface area contributed by atoms with E-state index in [0.29, 0.717) is 5.69 Å². The first kappa shape index (κ1) is 17.5. The standard InChI is InChI=1S/C15H15BrF3N3O/c1-8-5-4-6-11(9(8)2)20-12(23)7-22-10(3)13(16)14(21-22)15(17,18)19/h4-6H,7H2,1-3H3,(H,20,23). The lowest BCUT2D eigenvalue weighted by atomic mass is 10.1. The van der Waals surface area contributed by atoms with Gasteiger partial charge in [0.05, 0.1) is 10.2 Å². The number of anilines is 1. The number of alkyl halides is 3. The highest BCUT2D eigenvalue weighted by atomic mass is 79.9. The smallest absolute Gasteiger partial charge is 0.324 e. The van der Waals surface area contributed by atoms with E-state index in [4.69, 9.17) is 0 Å². The maximum Gasteiger partial charge on any atom is 0.436 e. The van der Waals surface area contributed by atoms with E-state index >= 15 is 0 Å². The van der Waals surface area contributed by atoms with Crippen molar-refractivity contribution < 1.29 is 18.0 Å². The van der Waals surface area contributed by atoms with Crippen molar-refractivity contribution in [1.29, 1.82) is 0 Å². The second-order valence-electron chi connectivity index (χ2n) is 5.20. The molecule has 23 heavy (non-hydrogen) atoms. The first-order valence-corrected chi connectivity index (χ1v) is 7.56. The van der Waals surface area contributed by atoms with Crippen LogP contribution in [0.4, 0.5) is 18.9 Å². The van der Waals surface area contributed by atoms with Gasteiger partial charge in [-0.3, -0.25) is 9.48 Å². The zero-order valence-corrected chi connectivity index (χ0v) is 14.3. The number of carbonyl (C=O) groups excluding carboxylic acids is 1. The average Bonchev–Trinajstić information content (AvgIpc) is 2.72. The molecule has 2 rings (SSSR count). The molecule has 124 valence electrons. The summed E-state index contributed by atoms with van der Waals surface area (Å²) in [6.07, 6.45) is -4.57. The number of amides is 1. The van der Waals surface area contributed by atoms with Crippen LogP contribution in [0.25, 0.3) is 0 Å². The third-order valence-electron chi connectivity index (χ3n) is 3.57. The minimum Gasteiger partial charge on any atom is -0.324 e. The molecule has 0 atom stereocenters. The summed E-state index contributed by atoms with van der Waals surface area (Å²) in [7, 11) is 0. The normalized spacial score (nSPS) is 11.6. The van der Waals surface area contributed by atoms with Crippen molar-refractivity contribution in [3.05, 3.63) is 45.2 Å². The Labute approximate surface area is 139 Å². The van der Waals surface area contributed by atoms with Gasteiger partial charge in [-0.1, -0.05) is 12.1 Å². The van der Waals surface area contributed by atoms with E-state index in [1.54, 1.807) is 12.1 Å². The molecule has 0 unspecified atom stereocenters. The molecule has 0 aliphatic rings. The predicted molar refractivity (Wildman–Crippen MR) is 84.2 cm³/mol. The molecule has 0 radical (unpaired) electrons. The van der Waals surface area contributed by atoms with Crippen LogP contribution in [0.15, 0.2) is 22.7 Å². The van der Waals surface area contributed by atoms with Gasteiger partial charge >= 0.3 is 6.18 Å². The van der Waals surface area contributed by atoms with Gasteiger partial charge in [0.15, 0.2) is 5.69 Å². The van der Waals surface area contributed by atoms with Crippen LogP contribution in [-0.4, -0.2) is 15.7 Å². The van der Waals surface area contributed by atoms with Gasteiger partial charge in [0.1, 0.15) is 6.54 Å². The summed E-state index contributed by atoms with van der Waals surface area (Å²) >= 11 is 2.88. The van der Waals surface area contributed by atoms with Crippen molar-refractivity contribution in [2.75, 3.05) is 5.32 Å². The largest absolute Gasteiger partial charge is 0.436 e. The molecule has 2 aromatic rings. The molecule has 8 heteroatoms. The number of carbonyl (C=O) groups is 1.